The number of nitrogens with zero attached hydrogens (tertiary/aromatic N) is 2. The maximum Gasteiger partial charge on any atom is 0.231 e. The molecule has 1 saturated heterocycles. The number of thiophene rings is 1. The average Bonchev–Trinajstić information content (AvgIpc) is 2.70. The van der Waals surface area contributed by atoms with E-state index < -0.39 is 0 Å². The SMILES string of the molecule is CCC1CCC(S)N(c2cc(Br)c(C#N)s2)C1=O. The summed E-state index contributed by atoms with van der Waals surface area (Å²) in [6.45, 7) is 2.03. The summed E-state index contributed by atoms with van der Waals surface area (Å²) in [6.07, 6.45) is 2.65. The number of thiol groups is 1. The van der Waals surface area contributed by atoms with E-state index in [1.54, 1.807) is 4.90 Å². The predicted molar refractivity (Wildman–Crippen MR) is 80.0 cm³/mol. The molecule has 0 N–H and O–H groups in total. The number of nitriles is 1. The maximum atomic E-state index is 12.4. The first-order valence-electron chi connectivity index (χ1n) is 5.79. The number of hydrogen-bond acceptors (Lipinski definition) is 4. The topological polar surface area (TPSA) is 44.1 Å². The molecule has 2 heterocycles. The Morgan fingerprint density at radius 3 is 2.94 bits per heavy atom. The number of carbonyl (C=O) groups is 1. The van der Waals surface area contributed by atoms with Crippen molar-refractivity contribution in [2.75, 3.05) is 4.90 Å². The molecule has 0 spiro atoms. The fourth-order valence-electron chi connectivity index (χ4n) is 2.13. The van der Waals surface area contributed by atoms with Gasteiger partial charge >= 0.3 is 0 Å². The van der Waals surface area contributed by atoms with Gasteiger partial charge in [0.2, 0.25) is 5.91 Å². The Labute approximate surface area is 124 Å². The number of rotatable bonds is 2. The summed E-state index contributed by atoms with van der Waals surface area (Å²) < 4.78 is 0.747. The van der Waals surface area contributed by atoms with Crippen molar-refractivity contribution >= 4 is 50.8 Å². The van der Waals surface area contributed by atoms with Crippen LogP contribution in [0.3, 0.4) is 0 Å². The van der Waals surface area contributed by atoms with Gasteiger partial charge in [-0.3, -0.25) is 9.69 Å². The van der Waals surface area contributed by atoms with E-state index >= 15 is 0 Å². The minimum Gasteiger partial charge on any atom is -0.291 e. The molecule has 0 bridgehead atoms. The van der Waals surface area contributed by atoms with Crippen molar-refractivity contribution in [2.24, 2.45) is 5.92 Å². The summed E-state index contributed by atoms with van der Waals surface area (Å²) in [5.74, 6) is 0.210. The molecular formula is C12H13BrN2OS2. The molecule has 3 nitrogen and oxygen atoms in total. The summed E-state index contributed by atoms with van der Waals surface area (Å²) in [5.41, 5.74) is 0. The average molecular weight is 345 g/mol. The monoisotopic (exact) mass is 344 g/mol. The Morgan fingerprint density at radius 2 is 2.39 bits per heavy atom. The first-order chi connectivity index (χ1) is 8.58. The second-order valence-electron chi connectivity index (χ2n) is 4.24. The molecule has 0 saturated carbocycles. The Kier molecular flexibility index (Phi) is 4.36. The van der Waals surface area contributed by atoms with Gasteiger partial charge in [-0.25, -0.2) is 0 Å². The van der Waals surface area contributed by atoms with Gasteiger partial charge in [-0.15, -0.1) is 11.3 Å². The molecule has 1 aromatic heterocycles. The van der Waals surface area contributed by atoms with Crippen molar-refractivity contribution in [3.05, 3.63) is 15.4 Å². The maximum absolute atomic E-state index is 12.4. The summed E-state index contributed by atoms with van der Waals surface area (Å²) in [5, 5.41) is 9.69. The smallest absolute Gasteiger partial charge is 0.231 e. The molecule has 0 aliphatic carbocycles. The first kappa shape index (κ1) is 13.9. The zero-order valence-electron chi connectivity index (χ0n) is 9.89. The molecule has 1 amide bonds. The van der Waals surface area contributed by atoms with Gasteiger partial charge in [0.1, 0.15) is 15.9 Å². The summed E-state index contributed by atoms with van der Waals surface area (Å²) in [7, 11) is 0. The van der Waals surface area contributed by atoms with E-state index in [1.807, 2.05) is 13.0 Å². The van der Waals surface area contributed by atoms with Crippen LogP contribution in [0, 0.1) is 17.2 Å². The number of carbonyl (C=O) groups excluding carboxylic acids is 1. The van der Waals surface area contributed by atoms with E-state index in [-0.39, 0.29) is 17.2 Å². The van der Waals surface area contributed by atoms with Gasteiger partial charge in [-0.2, -0.15) is 17.9 Å². The van der Waals surface area contributed by atoms with Crippen molar-refractivity contribution in [1.29, 1.82) is 5.26 Å². The van der Waals surface area contributed by atoms with E-state index in [0.717, 1.165) is 28.7 Å². The van der Waals surface area contributed by atoms with Crippen LogP contribution < -0.4 is 4.90 Å². The van der Waals surface area contributed by atoms with Crippen molar-refractivity contribution in [2.45, 2.75) is 31.6 Å². The van der Waals surface area contributed by atoms with E-state index in [9.17, 15) is 4.79 Å². The van der Waals surface area contributed by atoms with Crippen LogP contribution in [0.5, 0.6) is 0 Å². The molecule has 96 valence electrons. The highest BCUT2D eigenvalue weighted by atomic mass is 79.9. The number of piperidine rings is 1. The highest BCUT2D eigenvalue weighted by Crippen LogP contribution is 2.39. The number of anilines is 1. The van der Waals surface area contributed by atoms with Crippen LogP contribution in [0.25, 0.3) is 0 Å². The zero-order chi connectivity index (χ0) is 13.3. The van der Waals surface area contributed by atoms with Gasteiger partial charge in [0.25, 0.3) is 0 Å². The lowest BCUT2D eigenvalue weighted by Gasteiger charge is -2.35. The second kappa shape index (κ2) is 5.64. The highest BCUT2D eigenvalue weighted by molar-refractivity contribution is 9.10. The van der Waals surface area contributed by atoms with Crippen molar-refractivity contribution in [3.8, 4) is 6.07 Å². The fraction of sp³-hybridized carbons (Fsp3) is 0.500. The van der Waals surface area contributed by atoms with Crippen LogP contribution in [0.4, 0.5) is 5.00 Å². The molecule has 1 aliphatic rings. The number of hydrogen-bond donors (Lipinski definition) is 1. The molecule has 0 radical (unpaired) electrons. The van der Waals surface area contributed by atoms with Crippen LogP contribution in [0.2, 0.25) is 0 Å². The standard InChI is InChI=1S/C12H13BrN2OS2/c1-2-7-3-4-10(17)15(12(7)16)11-5-8(13)9(6-14)18-11/h5,7,10,17H,2-4H2,1H3. The minimum absolute atomic E-state index is 0.0832. The molecule has 2 unspecified atom stereocenters. The molecule has 0 aromatic carbocycles. The zero-order valence-corrected chi connectivity index (χ0v) is 13.2. The third kappa shape index (κ3) is 2.44. The predicted octanol–water partition coefficient (Wildman–Crippen LogP) is 3.79. The third-order valence-corrected chi connectivity index (χ3v) is 5.58. The molecular weight excluding hydrogens is 332 g/mol. The molecule has 1 fully saturated rings. The lowest BCUT2D eigenvalue weighted by Crippen LogP contribution is -2.45. The lowest BCUT2D eigenvalue weighted by atomic mass is 9.94. The summed E-state index contributed by atoms with van der Waals surface area (Å²) >= 11 is 9.17. The van der Waals surface area contributed by atoms with E-state index in [1.165, 1.54) is 11.3 Å². The van der Waals surface area contributed by atoms with Crippen LogP contribution in [-0.2, 0) is 4.79 Å². The molecule has 1 aromatic rings. The van der Waals surface area contributed by atoms with Gasteiger partial charge in [0.15, 0.2) is 0 Å². The lowest BCUT2D eigenvalue weighted by molar-refractivity contribution is -0.124. The Balaban J connectivity index is 2.34. The van der Waals surface area contributed by atoms with Gasteiger partial charge in [-0.1, -0.05) is 6.92 Å². The minimum atomic E-state index is -0.0857. The molecule has 1 aliphatic heterocycles. The van der Waals surface area contributed by atoms with Crippen LogP contribution in [-0.4, -0.2) is 11.3 Å². The molecule has 2 rings (SSSR count). The third-order valence-electron chi connectivity index (χ3n) is 3.16. The molecule has 2 atom stereocenters. The molecule has 6 heteroatoms. The van der Waals surface area contributed by atoms with Gasteiger partial charge in [0.05, 0.1) is 5.37 Å². The van der Waals surface area contributed by atoms with Crippen molar-refractivity contribution < 1.29 is 4.79 Å². The second-order valence-corrected chi connectivity index (χ2v) is 6.73. The van der Waals surface area contributed by atoms with Gasteiger partial charge in [0, 0.05) is 10.4 Å². The first-order valence-corrected chi connectivity index (χ1v) is 7.91. The van der Waals surface area contributed by atoms with Gasteiger partial charge < -0.3 is 0 Å². The number of halogens is 1. The van der Waals surface area contributed by atoms with E-state index in [2.05, 4.69) is 34.6 Å². The Morgan fingerprint density at radius 1 is 1.67 bits per heavy atom. The van der Waals surface area contributed by atoms with E-state index in [4.69, 9.17) is 5.26 Å². The largest absolute Gasteiger partial charge is 0.291 e. The summed E-state index contributed by atoms with van der Waals surface area (Å²) in [4.78, 5) is 14.7. The Hall–Kier alpha value is -0.510. The quantitative estimate of drug-likeness (QED) is 0.829. The van der Waals surface area contributed by atoms with E-state index in [0.29, 0.717) is 4.88 Å². The van der Waals surface area contributed by atoms with Crippen LogP contribution in [0.15, 0.2) is 10.5 Å². The fourth-order valence-corrected chi connectivity index (χ4v) is 4.20. The summed E-state index contributed by atoms with van der Waals surface area (Å²) in [6, 6.07) is 3.95. The van der Waals surface area contributed by atoms with Crippen molar-refractivity contribution in [3.63, 3.8) is 0 Å². The highest BCUT2D eigenvalue weighted by Gasteiger charge is 2.34. The van der Waals surface area contributed by atoms with Crippen LogP contribution in [0.1, 0.15) is 31.1 Å². The molecule has 18 heavy (non-hydrogen) atoms. The van der Waals surface area contributed by atoms with Gasteiger partial charge in [-0.05, 0) is 41.3 Å². The number of amides is 1. The van der Waals surface area contributed by atoms with Crippen molar-refractivity contribution in [1.82, 2.24) is 0 Å². The Bertz CT molecular complexity index is 509. The normalized spacial score (nSPS) is 24.1. The van der Waals surface area contributed by atoms with Crippen LogP contribution >= 0.6 is 39.9 Å².